The summed E-state index contributed by atoms with van der Waals surface area (Å²) in [6.07, 6.45) is 0. The number of halogens is 2. The third-order valence-corrected chi connectivity index (χ3v) is 4.06. The Kier molecular flexibility index (Phi) is 5.20. The number of carbonyl (C=O) groups excluding carboxylic acids is 1. The van der Waals surface area contributed by atoms with Gasteiger partial charge in [0, 0.05) is 8.95 Å². The number of carbonyl (C=O) groups is 1. The van der Waals surface area contributed by atoms with E-state index in [0.29, 0.717) is 0 Å². The number of nitrogens with one attached hydrogen (secondary N) is 2. The number of hydrogen-bond acceptors (Lipinski definition) is 1. The van der Waals surface area contributed by atoms with E-state index in [0.717, 1.165) is 20.2 Å². The van der Waals surface area contributed by atoms with Crippen molar-refractivity contribution in [3.8, 4) is 0 Å². The van der Waals surface area contributed by atoms with E-state index in [1.165, 1.54) is 0 Å². The van der Waals surface area contributed by atoms with Gasteiger partial charge in [-0.2, -0.15) is 0 Å². The van der Waals surface area contributed by atoms with E-state index in [1.54, 1.807) is 0 Å². The predicted molar refractivity (Wildman–Crippen MR) is 88.9 cm³/mol. The first-order chi connectivity index (χ1) is 9.56. The Balaban J connectivity index is 1.98. The van der Waals surface area contributed by atoms with Gasteiger partial charge in [-0.05, 0) is 52.7 Å². The smallest absolute Gasteiger partial charge is 0.319 e. The van der Waals surface area contributed by atoms with E-state index >= 15 is 0 Å². The zero-order chi connectivity index (χ0) is 14.5. The van der Waals surface area contributed by atoms with Gasteiger partial charge in [0.25, 0.3) is 0 Å². The van der Waals surface area contributed by atoms with Crippen molar-refractivity contribution in [2.45, 2.75) is 13.0 Å². The van der Waals surface area contributed by atoms with E-state index in [-0.39, 0.29) is 12.1 Å². The highest BCUT2D eigenvalue weighted by Crippen LogP contribution is 2.21. The second-order valence-corrected chi connectivity index (χ2v) is 6.12. The largest absolute Gasteiger partial charge is 0.331 e. The minimum Gasteiger partial charge on any atom is -0.331 e. The molecule has 3 nitrogen and oxygen atoms in total. The van der Waals surface area contributed by atoms with Crippen LogP contribution in [0, 0.1) is 0 Å². The van der Waals surface area contributed by atoms with Crippen LogP contribution in [0.1, 0.15) is 18.5 Å². The highest BCUT2D eigenvalue weighted by molar-refractivity contribution is 9.10. The summed E-state index contributed by atoms with van der Waals surface area (Å²) in [5.74, 6) is 0. The van der Waals surface area contributed by atoms with Crippen LogP contribution in [0.25, 0.3) is 0 Å². The van der Waals surface area contributed by atoms with Gasteiger partial charge >= 0.3 is 6.03 Å². The molecule has 0 aliphatic carbocycles. The Labute approximate surface area is 135 Å². The molecule has 0 saturated heterocycles. The van der Waals surface area contributed by atoms with E-state index in [1.807, 2.05) is 55.5 Å². The lowest BCUT2D eigenvalue weighted by Crippen LogP contribution is -2.31. The number of urea groups is 1. The zero-order valence-corrected chi connectivity index (χ0v) is 14.0. The number of anilines is 1. The normalized spacial score (nSPS) is 11.8. The summed E-state index contributed by atoms with van der Waals surface area (Å²) >= 11 is 6.79. The molecule has 0 spiro atoms. The molecule has 2 aromatic rings. The van der Waals surface area contributed by atoms with Crippen molar-refractivity contribution >= 4 is 43.6 Å². The molecule has 0 fully saturated rings. The molecule has 0 saturated carbocycles. The second kappa shape index (κ2) is 6.90. The standard InChI is InChI=1S/C15H14Br2N2O/c1-10(11-6-8-12(16)9-7-11)18-15(20)19-14-5-3-2-4-13(14)17/h2-10H,1H3,(H2,18,19,20). The molecule has 1 atom stereocenters. The summed E-state index contributed by atoms with van der Waals surface area (Å²) in [4.78, 5) is 12.0. The van der Waals surface area contributed by atoms with E-state index in [9.17, 15) is 4.79 Å². The van der Waals surface area contributed by atoms with Gasteiger partial charge in [-0.3, -0.25) is 0 Å². The number of hydrogen-bond donors (Lipinski definition) is 2. The zero-order valence-electron chi connectivity index (χ0n) is 10.9. The first-order valence-electron chi connectivity index (χ1n) is 6.14. The van der Waals surface area contributed by atoms with Gasteiger partial charge in [-0.1, -0.05) is 40.2 Å². The summed E-state index contributed by atoms with van der Waals surface area (Å²) < 4.78 is 1.87. The van der Waals surface area contributed by atoms with Crippen LogP contribution in [0.5, 0.6) is 0 Å². The van der Waals surface area contributed by atoms with Crippen molar-refractivity contribution in [1.82, 2.24) is 5.32 Å². The maximum absolute atomic E-state index is 12.0. The van der Waals surface area contributed by atoms with Gasteiger partial charge in [0.15, 0.2) is 0 Å². The van der Waals surface area contributed by atoms with Crippen LogP contribution in [0.2, 0.25) is 0 Å². The fraction of sp³-hybridized carbons (Fsp3) is 0.133. The fourth-order valence-corrected chi connectivity index (χ4v) is 2.40. The Hall–Kier alpha value is -1.33. The molecule has 2 amide bonds. The van der Waals surface area contributed by atoms with Crippen LogP contribution in [0.4, 0.5) is 10.5 Å². The molecule has 2 rings (SSSR count). The Morgan fingerprint density at radius 1 is 1.05 bits per heavy atom. The van der Waals surface area contributed by atoms with Gasteiger partial charge in [0.05, 0.1) is 11.7 Å². The monoisotopic (exact) mass is 396 g/mol. The van der Waals surface area contributed by atoms with Crippen LogP contribution in [-0.4, -0.2) is 6.03 Å². The van der Waals surface area contributed by atoms with E-state index in [2.05, 4.69) is 42.5 Å². The van der Waals surface area contributed by atoms with E-state index < -0.39 is 0 Å². The van der Waals surface area contributed by atoms with Crippen molar-refractivity contribution in [2.24, 2.45) is 0 Å². The predicted octanol–water partition coefficient (Wildman–Crippen LogP) is 5.09. The van der Waals surface area contributed by atoms with Crippen LogP contribution >= 0.6 is 31.9 Å². The molecule has 2 aromatic carbocycles. The minimum absolute atomic E-state index is 0.0643. The molecule has 1 unspecified atom stereocenters. The fourth-order valence-electron chi connectivity index (χ4n) is 1.75. The average Bonchev–Trinajstić information content (AvgIpc) is 2.42. The van der Waals surface area contributed by atoms with Crippen LogP contribution in [-0.2, 0) is 0 Å². The third kappa shape index (κ3) is 4.08. The van der Waals surface area contributed by atoms with Crippen molar-refractivity contribution in [3.05, 3.63) is 63.0 Å². The molecule has 0 aromatic heterocycles. The van der Waals surface area contributed by atoms with Crippen LogP contribution in [0.3, 0.4) is 0 Å². The molecule has 0 aliphatic heterocycles. The maximum Gasteiger partial charge on any atom is 0.319 e. The lowest BCUT2D eigenvalue weighted by Gasteiger charge is -2.15. The third-order valence-electron chi connectivity index (χ3n) is 2.84. The molecule has 0 bridgehead atoms. The SMILES string of the molecule is CC(NC(=O)Nc1ccccc1Br)c1ccc(Br)cc1. The highest BCUT2D eigenvalue weighted by Gasteiger charge is 2.10. The summed E-state index contributed by atoms with van der Waals surface area (Å²) in [7, 11) is 0. The number of amides is 2. The van der Waals surface area contributed by atoms with Gasteiger partial charge in [0.1, 0.15) is 0 Å². The average molecular weight is 398 g/mol. The molecule has 0 heterocycles. The minimum atomic E-state index is -0.229. The number of benzene rings is 2. The van der Waals surface area contributed by atoms with Gasteiger partial charge < -0.3 is 10.6 Å². The Morgan fingerprint density at radius 3 is 2.35 bits per heavy atom. The molecular formula is C15H14Br2N2O. The highest BCUT2D eigenvalue weighted by atomic mass is 79.9. The van der Waals surface area contributed by atoms with Crippen molar-refractivity contribution < 1.29 is 4.79 Å². The summed E-state index contributed by atoms with van der Waals surface area (Å²) in [5, 5.41) is 5.72. The summed E-state index contributed by atoms with van der Waals surface area (Å²) in [6, 6.07) is 15.1. The van der Waals surface area contributed by atoms with Gasteiger partial charge in [-0.25, -0.2) is 4.79 Å². The first-order valence-corrected chi connectivity index (χ1v) is 7.72. The van der Waals surface area contributed by atoms with Crippen LogP contribution in [0.15, 0.2) is 57.5 Å². The molecule has 2 N–H and O–H groups in total. The topological polar surface area (TPSA) is 41.1 Å². The number of rotatable bonds is 3. The quantitative estimate of drug-likeness (QED) is 0.743. The van der Waals surface area contributed by atoms with Crippen molar-refractivity contribution in [3.63, 3.8) is 0 Å². The Morgan fingerprint density at radius 2 is 1.70 bits per heavy atom. The summed E-state index contributed by atoms with van der Waals surface area (Å²) in [6.45, 7) is 1.95. The van der Waals surface area contributed by atoms with Gasteiger partial charge in [-0.15, -0.1) is 0 Å². The molecular weight excluding hydrogens is 384 g/mol. The molecule has 0 aliphatic rings. The summed E-state index contributed by atoms with van der Waals surface area (Å²) in [5.41, 5.74) is 1.79. The lowest BCUT2D eigenvalue weighted by molar-refractivity contribution is 0.249. The van der Waals surface area contributed by atoms with E-state index in [4.69, 9.17) is 0 Å². The Bertz CT molecular complexity index is 599. The molecule has 104 valence electrons. The molecule has 5 heteroatoms. The number of para-hydroxylation sites is 1. The maximum atomic E-state index is 12.0. The van der Waals surface area contributed by atoms with Crippen molar-refractivity contribution in [1.29, 1.82) is 0 Å². The van der Waals surface area contributed by atoms with Crippen molar-refractivity contribution in [2.75, 3.05) is 5.32 Å². The second-order valence-electron chi connectivity index (χ2n) is 4.35. The lowest BCUT2D eigenvalue weighted by atomic mass is 10.1. The molecule has 20 heavy (non-hydrogen) atoms. The molecule has 0 radical (unpaired) electrons. The van der Waals surface area contributed by atoms with Gasteiger partial charge in [0.2, 0.25) is 0 Å². The van der Waals surface area contributed by atoms with Crippen LogP contribution < -0.4 is 10.6 Å². The first kappa shape index (κ1) is 15.1.